The molecule has 0 aromatic heterocycles. The van der Waals surface area contributed by atoms with Gasteiger partial charge in [-0.05, 0) is 29.8 Å². The Morgan fingerprint density at radius 1 is 1.53 bits per heavy atom. The van der Waals surface area contributed by atoms with Crippen LogP contribution in [0, 0.1) is 15.9 Å². The topological polar surface area (TPSA) is 52.4 Å². The Labute approximate surface area is 94.3 Å². The lowest BCUT2D eigenvalue weighted by atomic mass is 10.3. The van der Waals surface area contributed by atoms with Gasteiger partial charge in [-0.2, -0.15) is 0 Å². The third-order valence-electron chi connectivity index (χ3n) is 1.56. The normalized spacial score (nSPS) is 10.5. The number of nitro groups is 1. The molecule has 0 heterocycles. The molecule has 0 aliphatic rings. The molecule has 0 fully saturated rings. The van der Waals surface area contributed by atoms with Gasteiger partial charge in [0.15, 0.2) is 5.75 Å². The fourth-order valence-electron chi connectivity index (χ4n) is 1.01. The summed E-state index contributed by atoms with van der Waals surface area (Å²) in [5, 5.41) is 10.6. The number of halogens is 2. The Kier molecular flexibility index (Phi) is 3.62. The van der Waals surface area contributed by atoms with Crippen LogP contribution in [0.3, 0.4) is 0 Å². The van der Waals surface area contributed by atoms with Gasteiger partial charge in [0.25, 0.3) is 0 Å². The summed E-state index contributed by atoms with van der Waals surface area (Å²) in [6.45, 7) is 3.42. The lowest BCUT2D eigenvalue weighted by molar-refractivity contribution is -0.386. The van der Waals surface area contributed by atoms with Crippen molar-refractivity contribution >= 4 is 21.6 Å². The van der Waals surface area contributed by atoms with Crippen LogP contribution in [0.1, 0.15) is 13.8 Å². The largest absolute Gasteiger partial charge is 0.484 e. The second-order valence-corrected chi connectivity index (χ2v) is 4.01. The Bertz CT molecular complexity index is 395. The molecule has 4 nitrogen and oxygen atoms in total. The summed E-state index contributed by atoms with van der Waals surface area (Å²) in [7, 11) is 0. The predicted octanol–water partition coefficient (Wildman–Crippen LogP) is 3.28. The first kappa shape index (κ1) is 11.9. The van der Waals surface area contributed by atoms with Crippen molar-refractivity contribution in [2.24, 2.45) is 0 Å². The second-order valence-electron chi connectivity index (χ2n) is 3.16. The van der Waals surface area contributed by atoms with Crippen molar-refractivity contribution in [1.29, 1.82) is 0 Å². The third kappa shape index (κ3) is 2.89. The van der Waals surface area contributed by atoms with Crippen LogP contribution in [-0.4, -0.2) is 11.0 Å². The highest BCUT2D eigenvalue weighted by Gasteiger charge is 2.19. The standard InChI is InChI=1S/C9H9BrFNO3/c1-5(2)15-9-4-7(11)6(10)3-8(9)12(13)14/h3-5H,1-2H3. The third-order valence-corrected chi connectivity index (χ3v) is 2.17. The van der Waals surface area contributed by atoms with Crippen LogP contribution in [-0.2, 0) is 0 Å². The average molecular weight is 278 g/mol. The van der Waals surface area contributed by atoms with Gasteiger partial charge < -0.3 is 4.74 Å². The maximum absolute atomic E-state index is 13.1. The first-order chi connectivity index (χ1) is 6.91. The Balaban J connectivity index is 3.22. The molecule has 0 radical (unpaired) electrons. The molecule has 0 atom stereocenters. The number of hydrogen-bond donors (Lipinski definition) is 0. The molecule has 0 saturated carbocycles. The first-order valence-corrected chi connectivity index (χ1v) is 5.01. The van der Waals surface area contributed by atoms with Crippen molar-refractivity contribution < 1.29 is 14.1 Å². The monoisotopic (exact) mass is 277 g/mol. The van der Waals surface area contributed by atoms with Crippen molar-refractivity contribution in [3.05, 3.63) is 32.5 Å². The molecule has 1 rings (SSSR count). The summed E-state index contributed by atoms with van der Waals surface area (Å²) in [5.41, 5.74) is -0.253. The van der Waals surface area contributed by atoms with Gasteiger partial charge in [-0.15, -0.1) is 0 Å². The summed E-state index contributed by atoms with van der Waals surface area (Å²) in [6.07, 6.45) is -0.246. The summed E-state index contributed by atoms with van der Waals surface area (Å²) in [4.78, 5) is 10.0. The molecular formula is C9H9BrFNO3. The lowest BCUT2D eigenvalue weighted by Gasteiger charge is -2.10. The molecular weight excluding hydrogens is 269 g/mol. The average Bonchev–Trinajstić information content (AvgIpc) is 2.09. The highest BCUT2D eigenvalue weighted by atomic mass is 79.9. The van der Waals surface area contributed by atoms with Gasteiger partial charge >= 0.3 is 5.69 Å². The molecule has 6 heteroatoms. The van der Waals surface area contributed by atoms with E-state index >= 15 is 0 Å². The van der Waals surface area contributed by atoms with Crippen LogP contribution in [0.4, 0.5) is 10.1 Å². The fourth-order valence-corrected chi connectivity index (χ4v) is 1.34. The summed E-state index contributed by atoms with van der Waals surface area (Å²) >= 11 is 2.88. The minimum atomic E-state index is -0.609. The van der Waals surface area contributed by atoms with E-state index in [0.717, 1.165) is 12.1 Å². The first-order valence-electron chi connectivity index (χ1n) is 4.22. The quantitative estimate of drug-likeness (QED) is 0.629. The smallest absolute Gasteiger partial charge is 0.312 e. The molecule has 0 aliphatic carbocycles. The molecule has 15 heavy (non-hydrogen) atoms. The van der Waals surface area contributed by atoms with E-state index in [1.807, 2.05) is 0 Å². The maximum Gasteiger partial charge on any atom is 0.312 e. The van der Waals surface area contributed by atoms with Gasteiger partial charge in [0.05, 0.1) is 15.5 Å². The maximum atomic E-state index is 13.1. The minimum absolute atomic E-state index is 0.0466. The highest BCUT2D eigenvalue weighted by molar-refractivity contribution is 9.10. The van der Waals surface area contributed by atoms with Gasteiger partial charge in [0, 0.05) is 12.1 Å². The molecule has 0 amide bonds. The number of hydrogen-bond acceptors (Lipinski definition) is 3. The van der Waals surface area contributed by atoms with Crippen molar-refractivity contribution in [2.45, 2.75) is 20.0 Å². The molecule has 0 spiro atoms. The molecule has 0 bridgehead atoms. The van der Waals surface area contributed by atoms with Crippen LogP contribution >= 0.6 is 15.9 Å². The molecule has 0 saturated heterocycles. The van der Waals surface area contributed by atoms with E-state index in [-0.39, 0.29) is 22.0 Å². The van der Waals surface area contributed by atoms with E-state index in [1.54, 1.807) is 13.8 Å². The number of benzene rings is 1. The molecule has 1 aromatic rings. The predicted molar refractivity (Wildman–Crippen MR) is 56.5 cm³/mol. The number of rotatable bonds is 3. The van der Waals surface area contributed by atoms with E-state index in [1.165, 1.54) is 0 Å². The SMILES string of the molecule is CC(C)Oc1cc(F)c(Br)cc1[N+](=O)[O-]. The molecule has 0 aliphatic heterocycles. The highest BCUT2D eigenvalue weighted by Crippen LogP contribution is 2.32. The fraction of sp³-hybridized carbons (Fsp3) is 0.333. The van der Waals surface area contributed by atoms with Gasteiger partial charge in [0.1, 0.15) is 5.82 Å². The molecule has 0 unspecified atom stereocenters. The van der Waals surface area contributed by atoms with E-state index < -0.39 is 10.7 Å². The van der Waals surface area contributed by atoms with Crippen LogP contribution in [0.5, 0.6) is 5.75 Å². The van der Waals surface area contributed by atoms with Gasteiger partial charge in [-0.3, -0.25) is 10.1 Å². The zero-order chi connectivity index (χ0) is 11.6. The van der Waals surface area contributed by atoms with Crippen molar-refractivity contribution in [2.75, 3.05) is 0 Å². The summed E-state index contributed by atoms with van der Waals surface area (Å²) in [6, 6.07) is 2.09. The van der Waals surface area contributed by atoms with Crippen molar-refractivity contribution in [3.63, 3.8) is 0 Å². The Hall–Kier alpha value is -1.17. The second kappa shape index (κ2) is 4.57. The van der Waals surface area contributed by atoms with E-state index in [0.29, 0.717) is 0 Å². The zero-order valence-corrected chi connectivity index (χ0v) is 9.75. The molecule has 82 valence electrons. The number of nitrogens with zero attached hydrogens (tertiary/aromatic N) is 1. The van der Waals surface area contributed by atoms with Crippen LogP contribution in [0.25, 0.3) is 0 Å². The Morgan fingerprint density at radius 3 is 2.60 bits per heavy atom. The molecule has 0 N–H and O–H groups in total. The van der Waals surface area contributed by atoms with E-state index in [2.05, 4.69) is 15.9 Å². The van der Waals surface area contributed by atoms with Gasteiger partial charge in [-0.1, -0.05) is 0 Å². The zero-order valence-electron chi connectivity index (χ0n) is 8.16. The van der Waals surface area contributed by atoms with Crippen LogP contribution in [0.2, 0.25) is 0 Å². The summed E-state index contributed by atoms with van der Waals surface area (Å²) < 4.78 is 18.3. The van der Waals surface area contributed by atoms with E-state index in [4.69, 9.17) is 4.74 Å². The van der Waals surface area contributed by atoms with E-state index in [9.17, 15) is 14.5 Å². The lowest BCUT2D eigenvalue weighted by Crippen LogP contribution is -2.07. The minimum Gasteiger partial charge on any atom is -0.484 e. The molecule has 1 aromatic carbocycles. The summed E-state index contributed by atoms with van der Waals surface area (Å²) in [5.74, 6) is -0.646. The number of nitro benzene ring substituents is 1. The van der Waals surface area contributed by atoms with Crippen molar-refractivity contribution in [1.82, 2.24) is 0 Å². The van der Waals surface area contributed by atoms with Gasteiger partial charge in [0.2, 0.25) is 0 Å². The Morgan fingerprint density at radius 2 is 2.13 bits per heavy atom. The van der Waals surface area contributed by atoms with Crippen LogP contribution in [0.15, 0.2) is 16.6 Å². The number of ether oxygens (including phenoxy) is 1. The van der Waals surface area contributed by atoms with Gasteiger partial charge in [-0.25, -0.2) is 4.39 Å². The van der Waals surface area contributed by atoms with Crippen LogP contribution < -0.4 is 4.74 Å². The van der Waals surface area contributed by atoms with Crippen molar-refractivity contribution in [3.8, 4) is 5.75 Å².